The van der Waals surface area contributed by atoms with Crippen LogP contribution in [0.2, 0.25) is 0 Å². The average molecular weight is 339 g/mol. The molecule has 0 radical (unpaired) electrons. The van der Waals surface area contributed by atoms with E-state index in [-0.39, 0.29) is 10.8 Å². The Labute approximate surface area is 130 Å². The summed E-state index contributed by atoms with van der Waals surface area (Å²) in [5, 5.41) is 0. The lowest BCUT2D eigenvalue weighted by molar-refractivity contribution is 0.0504. The smallest absolute Gasteiger partial charge is 0.338 e. The molecule has 2 nitrogen and oxygen atoms in total. The normalized spacial score (nSPS) is 22.4. The van der Waals surface area contributed by atoms with Crippen LogP contribution in [0.15, 0.2) is 24.3 Å². The largest absolute Gasteiger partial charge is 0.461 e. The first-order valence-electron chi connectivity index (χ1n) is 7.66. The molecule has 0 aromatic heterocycles. The lowest BCUT2D eigenvalue weighted by Gasteiger charge is -2.14. The van der Waals surface area contributed by atoms with E-state index >= 15 is 0 Å². The second-order valence-electron chi connectivity index (χ2n) is 5.51. The topological polar surface area (TPSA) is 26.3 Å². The van der Waals surface area contributed by atoms with Gasteiger partial charge in [-0.15, -0.1) is 0 Å². The minimum absolute atomic E-state index is 0.179. The van der Waals surface area contributed by atoms with E-state index in [0.717, 1.165) is 30.4 Å². The number of carbonyl (C=O) groups is 1. The van der Waals surface area contributed by atoms with Gasteiger partial charge < -0.3 is 4.74 Å². The van der Waals surface area contributed by atoms with Gasteiger partial charge in [-0.3, -0.25) is 0 Å². The predicted molar refractivity (Wildman–Crippen MR) is 85.5 cm³/mol. The monoisotopic (exact) mass is 338 g/mol. The minimum atomic E-state index is -0.179. The molecular formula is C17H23BrO2. The standard InChI is InChI=1S/C17H23BrO2/c18-15-11-6-4-2-1-3-5-9-14-10-7-8-12-16(14)17(19)20-13-15/h7-8,10,12,15H,1-6,9,11,13H2. The van der Waals surface area contributed by atoms with E-state index in [1.807, 2.05) is 24.3 Å². The first-order chi connectivity index (χ1) is 9.77. The van der Waals surface area contributed by atoms with Gasteiger partial charge >= 0.3 is 5.97 Å². The zero-order chi connectivity index (χ0) is 14.2. The zero-order valence-electron chi connectivity index (χ0n) is 11.9. The van der Waals surface area contributed by atoms with Gasteiger partial charge in [0.25, 0.3) is 0 Å². The highest BCUT2D eigenvalue weighted by Crippen LogP contribution is 2.18. The van der Waals surface area contributed by atoms with Crippen molar-refractivity contribution in [3.63, 3.8) is 0 Å². The minimum Gasteiger partial charge on any atom is -0.461 e. The first kappa shape index (κ1) is 15.6. The molecule has 1 heterocycles. The van der Waals surface area contributed by atoms with Gasteiger partial charge in [0.15, 0.2) is 0 Å². The van der Waals surface area contributed by atoms with E-state index in [4.69, 9.17) is 4.74 Å². The van der Waals surface area contributed by atoms with Gasteiger partial charge in [0, 0.05) is 4.83 Å². The van der Waals surface area contributed by atoms with E-state index < -0.39 is 0 Å². The molecule has 3 heteroatoms. The van der Waals surface area contributed by atoms with Crippen molar-refractivity contribution < 1.29 is 9.53 Å². The highest BCUT2D eigenvalue weighted by molar-refractivity contribution is 9.09. The number of fused-ring (bicyclic) bond motifs is 1. The Kier molecular flexibility index (Phi) is 6.58. The van der Waals surface area contributed by atoms with E-state index in [2.05, 4.69) is 15.9 Å². The van der Waals surface area contributed by atoms with E-state index in [0.29, 0.717) is 6.61 Å². The Morgan fingerprint density at radius 3 is 2.55 bits per heavy atom. The van der Waals surface area contributed by atoms with Gasteiger partial charge in [-0.25, -0.2) is 4.79 Å². The fourth-order valence-electron chi connectivity index (χ4n) is 2.65. The Bertz CT molecular complexity index is 431. The molecule has 0 bridgehead atoms. The molecule has 0 spiro atoms. The number of carbonyl (C=O) groups excluding carboxylic acids is 1. The Hall–Kier alpha value is -0.830. The highest BCUT2D eigenvalue weighted by Gasteiger charge is 2.14. The summed E-state index contributed by atoms with van der Waals surface area (Å²) in [6, 6.07) is 7.85. The van der Waals surface area contributed by atoms with Crippen LogP contribution in [0, 0.1) is 0 Å². The molecule has 0 saturated carbocycles. The Morgan fingerprint density at radius 1 is 1.00 bits per heavy atom. The van der Waals surface area contributed by atoms with Gasteiger partial charge in [-0.05, 0) is 30.9 Å². The third kappa shape index (κ3) is 4.93. The molecule has 1 aliphatic heterocycles. The Morgan fingerprint density at radius 2 is 1.70 bits per heavy atom. The zero-order valence-corrected chi connectivity index (χ0v) is 13.5. The van der Waals surface area contributed by atoms with Crippen LogP contribution in [0.3, 0.4) is 0 Å². The molecular weight excluding hydrogens is 316 g/mol. The molecule has 110 valence electrons. The summed E-state index contributed by atoms with van der Waals surface area (Å²) in [7, 11) is 0. The number of halogens is 1. The van der Waals surface area contributed by atoms with E-state index in [9.17, 15) is 4.79 Å². The summed E-state index contributed by atoms with van der Waals surface area (Å²) in [6.07, 6.45) is 9.59. The summed E-state index contributed by atoms with van der Waals surface area (Å²) in [5.74, 6) is -0.179. The van der Waals surface area contributed by atoms with Crippen LogP contribution in [-0.4, -0.2) is 17.4 Å². The van der Waals surface area contributed by atoms with Crippen molar-refractivity contribution in [2.24, 2.45) is 0 Å². The van der Waals surface area contributed by atoms with E-state index in [1.54, 1.807) is 0 Å². The van der Waals surface area contributed by atoms with Crippen molar-refractivity contribution in [1.29, 1.82) is 0 Å². The number of ether oxygens (including phenoxy) is 1. The number of benzene rings is 1. The summed E-state index contributed by atoms with van der Waals surface area (Å²) >= 11 is 3.60. The molecule has 0 N–H and O–H groups in total. The summed E-state index contributed by atoms with van der Waals surface area (Å²) in [5.41, 5.74) is 1.87. The van der Waals surface area contributed by atoms with Crippen LogP contribution in [0.1, 0.15) is 60.9 Å². The molecule has 1 aliphatic rings. The predicted octanol–water partition coefficient (Wildman–Crippen LogP) is 4.89. The number of alkyl halides is 1. The fourth-order valence-corrected chi connectivity index (χ4v) is 3.11. The van der Waals surface area contributed by atoms with Gasteiger partial charge in [-0.1, -0.05) is 66.2 Å². The number of rotatable bonds is 0. The SMILES string of the molecule is O=C1OCC(Br)CCCCCCCCc2ccccc21. The average Bonchev–Trinajstić information content (AvgIpc) is 2.47. The van der Waals surface area contributed by atoms with Crippen LogP contribution in [0.5, 0.6) is 0 Å². The Balaban J connectivity index is 2.06. The van der Waals surface area contributed by atoms with E-state index in [1.165, 1.54) is 32.1 Å². The van der Waals surface area contributed by atoms with Gasteiger partial charge in [0.1, 0.15) is 6.61 Å². The van der Waals surface area contributed by atoms with Gasteiger partial charge in [-0.2, -0.15) is 0 Å². The number of hydrogen-bond donors (Lipinski definition) is 0. The molecule has 0 amide bonds. The van der Waals surface area contributed by atoms with Crippen LogP contribution in [0.4, 0.5) is 0 Å². The molecule has 1 aromatic carbocycles. The molecule has 0 fully saturated rings. The third-order valence-electron chi connectivity index (χ3n) is 3.85. The number of hydrogen-bond acceptors (Lipinski definition) is 2. The molecule has 0 saturated heterocycles. The quantitative estimate of drug-likeness (QED) is 0.497. The van der Waals surface area contributed by atoms with Crippen molar-refractivity contribution in [3.05, 3.63) is 35.4 Å². The van der Waals surface area contributed by atoms with Crippen LogP contribution in [0.25, 0.3) is 0 Å². The molecule has 0 aliphatic carbocycles. The third-order valence-corrected chi connectivity index (χ3v) is 4.57. The van der Waals surface area contributed by atoms with Crippen molar-refractivity contribution in [1.82, 2.24) is 0 Å². The summed E-state index contributed by atoms with van der Waals surface area (Å²) in [6.45, 7) is 0.465. The molecule has 20 heavy (non-hydrogen) atoms. The lowest BCUT2D eigenvalue weighted by atomic mass is 10.00. The number of aryl methyl sites for hydroxylation is 1. The van der Waals surface area contributed by atoms with Crippen molar-refractivity contribution >= 4 is 21.9 Å². The van der Waals surface area contributed by atoms with Crippen molar-refractivity contribution in [3.8, 4) is 0 Å². The maximum Gasteiger partial charge on any atom is 0.338 e. The van der Waals surface area contributed by atoms with Gasteiger partial charge in [0.2, 0.25) is 0 Å². The van der Waals surface area contributed by atoms with Crippen molar-refractivity contribution in [2.45, 2.75) is 56.2 Å². The summed E-state index contributed by atoms with van der Waals surface area (Å²) < 4.78 is 5.44. The van der Waals surface area contributed by atoms with Crippen LogP contribution in [-0.2, 0) is 11.2 Å². The van der Waals surface area contributed by atoms with Crippen LogP contribution < -0.4 is 0 Å². The molecule has 1 unspecified atom stereocenters. The first-order valence-corrected chi connectivity index (χ1v) is 8.58. The van der Waals surface area contributed by atoms with Gasteiger partial charge in [0.05, 0.1) is 5.56 Å². The molecule has 1 aromatic rings. The maximum atomic E-state index is 12.2. The molecule has 2 rings (SSSR count). The number of cyclic esters (lactones) is 1. The maximum absolute atomic E-state index is 12.2. The second kappa shape index (κ2) is 8.46. The second-order valence-corrected chi connectivity index (χ2v) is 6.81. The molecule has 1 atom stereocenters. The summed E-state index contributed by atoms with van der Waals surface area (Å²) in [4.78, 5) is 12.5. The van der Waals surface area contributed by atoms with Crippen LogP contribution >= 0.6 is 15.9 Å². The van der Waals surface area contributed by atoms with Crippen molar-refractivity contribution in [2.75, 3.05) is 6.61 Å². The highest BCUT2D eigenvalue weighted by atomic mass is 79.9. The number of esters is 1. The lowest BCUT2D eigenvalue weighted by Crippen LogP contribution is -2.15. The fraction of sp³-hybridized carbons (Fsp3) is 0.588.